The van der Waals surface area contributed by atoms with Gasteiger partial charge < -0.3 is 10.6 Å². The zero-order valence-corrected chi connectivity index (χ0v) is 15.9. The molecule has 7 heteroatoms. The van der Waals surface area contributed by atoms with E-state index in [4.69, 9.17) is 0 Å². The minimum atomic E-state index is 0. The van der Waals surface area contributed by atoms with E-state index in [1.807, 2.05) is 59.4 Å². The summed E-state index contributed by atoms with van der Waals surface area (Å²) in [5.74, 6) is 0.00365. The third-order valence-corrected chi connectivity index (χ3v) is 4.54. The number of piperidine rings is 1. The van der Waals surface area contributed by atoms with Crippen LogP contribution in [0.25, 0.3) is 16.7 Å². The summed E-state index contributed by atoms with van der Waals surface area (Å²) in [5, 5.41) is 6.43. The van der Waals surface area contributed by atoms with Gasteiger partial charge in [-0.3, -0.25) is 9.36 Å². The van der Waals surface area contributed by atoms with Crippen LogP contribution in [0.3, 0.4) is 0 Å². The third-order valence-electron chi connectivity index (χ3n) is 4.54. The molecule has 1 amide bonds. The number of hydrogen-bond acceptors (Lipinski definition) is 3. The Morgan fingerprint density at radius 1 is 1.04 bits per heavy atom. The van der Waals surface area contributed by atoms with Gasteiger partial charge >= 0.3 is 0 Å². The van der Waals surface area contributed by atoms with Crippen LogP contribution in [-0.2, 0) is 0 Å². The highest BCUT2D eigenvalue weighted by molar-refractivity contribution is 5.94. The number of hydrogen-bond donors (Lipinski definition) is 2. The first-order valence-corrected chi connectivity index (χ1v) is 8.35. The number of amides is 1. The highest BCUT2D eigenvalue weighted by Crippen LogP contribution is 2.18. The van der Waals surface area contributed by atoms with Gasteiger partial charge in [-0.05, 0) is 62.3 Å². The van der Waals surface area contributed by atoms with Crippen molar-refractivity contribution < 1.29 is 4.79 Å². The van der Waals surface area contributed by atoms with Crippen molar-refractivity contribution in [2.24, 2.45) is 0 Å². The fourth-order valence-electron chi connectivity index (χ4n) is 3.17. The van der Waals surface area contributed by atoms with Gasteiger partial charge in [0.2, 0.25) is 0 Å². The number of carbonyl (C=O) groups is 1. The van der Waals surface area contributed by atoms with Crippen molar-refractivity contribution in [3.63, 3.8) is 0 Å². The van der Waals surface area contributed by atoms with Crippen LogP contribution in [-0.4, -0.2) is 34.6 Å². The number of para-hydroxylation sites is 2. The highest BCUT2D eigenvalue weighted by atomic mass is 35.5. The number of benzene rings is 2. The molecule has 2 aromatic carbocycles. The lowest BCUT2D eigenvalue weighted by Gasteiger charge is -2.23. The van der Waals surface area contributed by atoms with E-state index in [1.165, 1.54) is 0 Å². The summed E-state index contributed by atoms with van der Waals surface area (Å²) in [4.78, 5) is 16.8. The van der Waals surface area contributed by atoms with Crippen molar-refractivity contribution in [1.29, 1.82) is 0 Å². The van der Waals surface area contributed by atoms with E-state index in [0.717, 1.165) is 42.7 Å². The molecule has 0 saturated carbocycles. The molecule has 1 aromatic heterocycles. The molecule has 3 aromatic rings. The Bertz CT molecular complexity index is 857. The lowest BCUT2D eigenvalue weighted by Crippen LogP contribution is -2.42. The summed E-state index contributed by atoms with van der Waals surface area (Å²) in [6.07, 6.45) is 3.80. The number of nitrogens with one attached hydrogen (secondary N) is 2. The molecule has 26 heavy (non-hydrogen) atoms. The minimum Gasteiger partial charge on any atom is -0.349 e. The summed E-state index contributed by atoms with van der Waals surface area (Å²) in [6, 6.07) is 16.0. The second-order valence-electron chi connectivity index (χ2n) is 6.15. The van der Waals surface area contributed by atoms with E-state index in [9.17, 15) is 4.79 Å². The van der Waals surface area contributed by atoms with Crippen molar-refractivity contribution in [2.75, 3.05) is 13.1 Å². The van der Waals surface area contributed by atoms with E-state index in [-0.39, 0.29) is 36.8 Å². The van der Waals surface area contributed by atoms with Gasteiger partial charge in [0, 0.05) is 17.3 Å². The first kappa shape index (κ1) is 20.2. The van der Waals surface area contributed by atoms with E-state index in [0.29, 0.717) is 5.56 Å². The molecule has 1 aliphatic heterocycles. The zero-order chi connectivity index (χ0) is 16.4. The summed E-state index contributed by atoms with van der Waals surface area (Å²) in [6.45, 7) is 1.94. The topological polar surface area (TPSA) is 59.0 Å². The maximum Gasteiger partial charge on any atom is 0.251 e. The number of aromatic nitrogens is 2. The number of halogens is 2. The lowest BCUT2D eigenvalue weighted by molar-refractivity contribution is 0.0929. The van der Waals surface area contributed by atoms with Crippen LogP contribution < -0.4 is 10.6 Å². The van der Waals surface area contributed by atoms with Crippen LogP contribution in [0.1, 0.15) is 23.2 Å². The molecule has 0 atom stereocenters. The Morgan fingerprint density at radius 2 is 1.73 bits per heavy atom. The quantitative estimate of drug-likeness (QED) is 0.718. The van der Waals surface area contributed by atoms with Crippen LogP contribution in [0, 0.1) is 0 Å². The van der Waals surface area contributed by atoms with Crippen LogP contribution in [0.15, 0.2) is 54.9 Å². The largest absolute Gasteiger partial charge is 0.349 e. The van der Waals surface area contributed by atoms with Gasteiger partial charge in [-0.25, -0.2) is 4.98 Å². The molecule has 1 fully saturated rings. The van der Waals surface area contributed by atoms with Gasteiger partial charge in [-0.1, -0.05) is 12.1 Å². The number of fused-ring (bicyclic) bond motifs is 1. The first-order chi connectivity index (χ1) is 11.8. The van der Waals surface area contributed by atoms with Crippen molar-refractivity contribution in [2.45, 2.75) is 18.9 Å². The minimum absolute atomic E-state index is 0. The molecule has 1 saturated heterocycles. The molecular formula is C19H22Cl2N4O. The fraction of sp³-hybridized carbons (Fsp3) is 0.263. The van der Waals surface area contributed by atoms with Crippen molar-refractivity contribution >= 4 is 41.8 Å². The highest BCUT2D eigenvalue weighted by Gasteiger charge is 2.16. The normalized spacial score (nSPS) is 14.3. The Kier molecular flexibility index (Phi) is 7.03. The second kappa shape index (κ2) is 9.03. The first-order valence-electron chi connectivity index (χ1n) is 8.35. The number of imidazole rings is 1. The van der Waals surface area contributed by atoms with E-state index in [2.05, 4.69) is 15.6 Å². The van der Waals surface area contributed by atoms with Gasteiger partial charge in [-0.15, -0.1) is 24.8 Å². The van der Waals surface area contributed by atoms with Crippen LogP contribution in [0.2, 0.25) is 0 Å². The number of carbonyl (C=O) groups excluding carboxylic acids is 1. The van der Waals surface area contributed by atoms with Gasteiger partial charge in [0.05, 0.1) is 11.0 Å². The average Bonchev–Trinajstić information content (AvgIpc) is 3.07. The molecule has 0 aliphatic carbocycles. The number of nitrogens with zero attached hydrogens (tertiary/aromatic N) is 2. The third kappa shape index (κ3) is 4.18. The summed E-state index contributed by atoms with van der Waals surface area (Å²) >= 11 is 0. The Labute approximate surface area is 165 Å². The molecule has 2 N–H and O–H groups in total. The molecule has 2 heterocycles. The maximum atomic E-state index is 12.4. The fourth-order valence-corrected chi connectivity index (χ4v) is 3.17. The molecule has 0 unspecified atom stereocenters. The summed E-state index contributed by atoms with van der Waals surface area (Å²) < 4.78 is 2.03. The van der Waals surface area contributed by atoms with E-state index in [1.54, 1.807) is 0 Å². The van der Waals surface area contributed by atoms with Crippen LogP contribution in [0.5, 0.6) is 0 Å². The second-order valence-corrected chi connectivity index (χ2v) is 6.15. The van der Waals surface area contributed by atoms with Crippen molar-refractivity contribution in [3.8, 4) is 5.69 Å². The van der Waals surface area contributed by atoms with Gasteiger partial charge in [-0.2, -0.15) is 0 Å². The standard InChI is InChI=1S/C19H20N4O.2ClH/c24-19(22-15-9-11-20-12-10-15)14-5-7-16(8-6-14)23-13-21-17-3-1-2-4-18(17)23;;/h1-8,13,15,20H,9-12H2,(H,22,24);2*1H. The van der Waals surface area contributed by atoms with E-state index >= 15 is 0 Å². The molecule has 0 radical (unpaired) electrons. The predicted octanol–water partition coefficient (Wildman–Crippen LogP) is 3.35. The summed E-state index contributed by atoms with van der Waals surface area (Å²) in [7, 11) is 0. The maximum absolute atomic E-state index is 12.4. The lowest BCUT2D eigenvalue weighted by atomic mass is 10.1. The molecular weight excluding hydrogens is 371 g/mol. The Hall–Kier alpha value is -2.08. The van der Waals surface area contributed by atoms with Gasteiger partial charge in [0.25, 0.3) is 5.91 Å². The summed E-state index contributed by atoms with van der Waals surface area (Å²) in [5.41, 5.74) is 3.72. The van der Waals surface area contributed by atoms with Gasteiger partial charge in [0.1, 0.15) is 6.33 Å². The Balaban J connectivity index is 0.00000121. The molecule has 0 spiro atoms. The number of rotatable bonds is 3. The van der Waals surface area contributed by atoms with Crippen molar-refractivity contribution in [3.05, 3.63) is 60.4 Å². The molecule has 5 nitrogen and oxygen atoms in total. The monoisotopic (exact) mass is 392 g/mol. The molecule has 0 bridgehead atoms. The average molecular weight is 393 g/mol. The molecule has 4 rings (SSSR count). The van der Waals surface area contributed by atoms with Gasteiger partial charge in [0.15, 0.2) is 0 Å². The van der Waals surface area contributed by atoms with Crippen molar-refractivity contribution in [1.82, 2.24) is 20.2 Å². The SMILES string of the molecule is Cl.Cl.O=C(NC1CCNCC1)c1ccc(-n2cnc3ccccc32)cc1. The molecule has 1 aliphatic rings. The zero-order valence-electron chi connectivity index (χ0n) is 14.2. The Morgan fingerprint density at radius 3 is 2.46 bits per heavy atom. The molecule has 138 valence electrons. The van der Waals surface area contributed by atoms with Crippen LogP contribution >= 0.6 is 24.8 Å². The van der Waals surface area contributed by atoms with Crippen LogP contribution in [0.4, 0.5) is 0 Å². The predicted molar refractivity (Wildman–Crippen MR) is 109 cm³/mol. The smallest absolute Gasteiger partial charge is 0.251 e. The van der Waals surface area contributed by atoms with E-state index < -0.39 is 0 Å².